The molecule has 2 heterocycles. The third-order valence-corrected chi connectivity index (χ3v) is 3.94. The van der Waals surface area contributed by atoms with Crippen LogP contribution in [0.1, 0.15) is 17.0 Å². The second kappa shape index (κ2) is 3.93. The van der Waals surface area contributed by atoms with Crippen molar-refractivity contribution in [1.82, 2.24) is 5.32 Å². The third-order valence-electron chi connectivity index (χ3n) is 3.35. The molecule has 1 N–H and O–H groups in total. The van der Waals surface area contributed by atoms with Crippen molar-refractivity contribution in [2.24, 2.45) is 0 Å². The van der Waals surface area contributed by atoms with E-state index in [1.165, 1.54) is 11.1 Å². The topological polar surface area (TPSA) is 30.5 Å². The standard InChI is InChI=1S/C12H14BrNO2/c1-15-10-4-9(13)12-8(2-3-16-12)11(10)7-5-14-6-7/h4,7,14H,2-3,5-6H2,1H3. The van der Waals surface area contributed by atoms with Crippen molar-refractivity contribution < 1.29 is 9.47 Å². The zero-order valence-electron chi connectivity index (χ0n) is 9.18. The van der Waals surface area contributed by atoms with E-state index in [9.17, 15) is 0 Å². The number of benzene rings is 1. The Hall–Kier alpha value is -0.740. The summed E-state index contributed by atoms with van der Waals surface area (Å²) in [6, 6.07) is 2.03. The number of halogens is 1. The highest BCUT2D eigenvalue weighted by molar-refractivity contribution is 9.10. The Balaban J connectivity index is 2.15. The minimum atomic E-state index is 0.582. The number of hydrogen-bond donors (Lipinski definition) is 1. The molecule has 4 heteroatoms. The minimum absolute atomic E-state index is 0.582. The summed E-state index contributed by atoms with van der Waals surface area (Å²) in [6.45, 7) is 2.88. The Bertz CT molecular complexity index is 430. The van der Waals surface area contributed by atoms with Crippen molar-refractivity contribution in [1.29, 1.82) is 0 Å². The van der Waals surface area contributed by atoms with Gasteiger partial charge in [-0.1, -0.05) is 0 Å². The van der Waals surface area contributed by atoms with Crippen molar-refractivity contribution in [2.45, 2.75) is 12.3 Å². The maximum Gasteiger partial charge on any atom is 0.137 e. The van der Waals surface area contributed by atoms with Gasteiger partial charge in [0.1, 0.15) is 11.5 Å². The molecule has 2 aliphatic rings. The van der Waals surface area contributed by atoms with Crippen LogP contribution in [0.4, 0.5) is 0 Å². The smallest absolute Gasteiger partial charge is 0.137 e. The molecular weight excluding hydrogens is 270 g/mol. The molecule has 1 fully saturated rings. The summed E-state index contributed by atoms with van der Waals surface area (Å²) in [4.78, 5) is 0. The van der Waals surface area contributed by atoms with Gasteiger partial charge in [0.2, 0.25) is 0 Å². The van der Waals surface area contributed by atoms with Crippen molar-refractivity contribution in [3.8, 4) is 11.5 Å². The van der Waals surface area contributed by atoms with Crippen molar-refractivity contribution >= 4 is 15.9 Å². The monoisotopic (exact) mass is 283 g/mol. The molecule has 0 radical (unpaired) electrons. The molecule has 1 saturated heterocycles. The van der Waals surface area contributed by atoms with E-state index in [1.807, 2.05) is 6.07 Å². The highest BCUT2D eigenvalue weighted by atomic mass is 79.9. The molecule has 3 nitrogen and oxygen atoms in total. The number of nitrogens with one attached hydrogen (secondary N) is 1. The summed E-state index contributed by atoms with van der Waals surface area (Å²) < 4.78 is 12.2. The molecule has 86 valence electrons. The van der Waals surface area contributed by atoms with Crippen LogP contribution in [-0.2, 0) is 6.42 Å². The lowest BCUT2D eigenvalue weighted by atomic mass is 9.88. The molecule has 2 aliphatic heterocycles. The van der Waals surface area contributed by atoms with Crippen LogP contribution in [0.5, 0.6) is 11.5 Å². The van der Waals surface area contributed by atoms with Crippen molar-refractivity contribution in [3.05, 3.63) is 21.7 Å². The van der Waals surface area contributed by atoms with E-state index >= 15 is 0 Å². The fourth-order valence-electron chi connectivity index (χ4n) is 2.44. The quantitative estimate of drug-likeness (QED) is 0.902. The largest absolute Gasteiger partial charge is 0.496 e. The lowest BCUT2D eigenvalue weighted by Gasteiger charge is -2.30. The second-order valence-corrected chi connectivity index (χ2v) is 5.09. The summed E-state index contributed by atoms with van der Waals surface area (Å²) in [5.74, 6) is 2.59. The number of ether oxygens (including phenoxy) is 2. The Kier molecular flexibility index (Phi) is 2.56. The third kappa shape index (κ3) is 1.44. The van der Waals surface area contributed by atoms with Gasteiger partial charge < -0.3 is 14.8 Å². The first-order chi connectivity index (χ1) is 7.81. The van der Waals surface area contributed by atoms with Crippen LogP contribution in [0.25, 0.3) is 0 Å². The van der Waals surface area contributed by atoms with Gasteiger partial charge in [-0.05, 0) is 22.0 Å². The fourth-order valence-corrected chi connectivity index (χ4v) is 3.00. The molecule has 1 aromatic carbocycles. The van der Waals surface area contributed by atoms with Gasteiger partial charge in [0.15, 0.2) is 0 Å². The van der Waals surface area contributed by atoms with E-state index in [2.05, 4.69) is 21.2 Å². The summed E-state index contributed by atoms with van der Waals surface area (Å²) >= 11 is 3.54. The van der Waals surface area contributed by atoms with Crippen LogP contribution < -0.4 is 14.8 Å². The van der Waals surface area contributed by atoms with E-state index in [1.54, 1.807) is 7.11 Å². The normalized spacial score (nSPS) is 18.9. The van der Waals surface area contributed by atoms with Crippen LogP contribution in [0.2, 0.25) is 0 Å². The Labute approximate surface area is 103 Å². The molecule has 0 amide bonds. The van der Waals surface area contributed by atoms with Gasteiger partial charge in [-0.3, -0.25) is 0 Å². The van der Waals surface area contributed by atoms with Gasteiger partial charge in [-0.25, -0.2) is 0 Å². The fraction of sp³-hybridized carbons (Fsp3) is 0.500. The van der Waals surface area contributed by atoms with Gasteiger partial charge in [0.25, 0.3) is 0 Å². The highest BCUT2D eigenvalue weighted by Gasteiger charge is 2.30. The molecule has 1 aromatic rings. The Morgan fingerprint density at radius 1 is 1.50 bits per heavy atom. The van der Waals surface area contributed by atoms with Crippen LogP contribution in [0.3, 0.4) is 0 Å². The van der Waals surface area contributed by atoms with E-state index in [-0.39, 0.29) is 0 Å². The first-order valence-corrected chi connectivity index (χ1v) is 6.33. The predicted octanol–water partition coefficient (Wildman–Crippen LogP) is 2.08. The minimum Gasteiger partial charge on any atom is -0.496 e. The second-order valence-electron chi connectivity index (χ2n) is 4.24. The highest BCUT2D eigenvalue weighted by Crippen LogP contribution is 2.44. The number of fused-ring (bicyclic) bond motifs is 1. The molecule has 0 atom stereocenters. The lowest BCUT2D eigenvalue weighted by molar-refractivity contribution is 0.354. The average Bonchev–Trinajstić information content (AvgIpc) is 2.68. The van der Waals surface area contributed by atoms with Crippen LogP contribution in [0, 0.1) is 0 Å². The summed E-state index contributed by atoms with van der Waals surface area (Å²) in [5.41, 5.74) is 2.68. The summed E-state index contributed by atoms with van der Waals surface area (Å²) in [7, 11) is 1.74. The SMILES string of the molecule is COc1cc(Br)c2c(c1C1CNC1)CCO2. The molecule has 0 unspecified atom stereocenters. The molecule has 0 spiro atoms. The first kappa shape index (κ1) is 10.4. The molecule has 0 saturated carbocycles. The molecule has 0 aliphatic carbocycles. The lowest BCUT2D eigenvalue weighted by Crippen LogP contribution is -2.40. The molecular formula is C12H14BrNO2. The number of methoxy groups -OCH3 is 1. The molecule has 3 rings (SSSR count). The van der Waals surface area contributed by atoms with Gasteiger partial charge in [-0.15, -0.1) is 0 Å². The van der Waals surface area contributed by atoms with Gasteiger partial charge in [0, 0.05) is 36.6 Å². The summed E-state index contributed by atoms with van der Waals surface area (Å²) in [5, 5.41) is 3.31. The predicted molar refractivity (Wildman–Crippen MR) is 65.5 cm³/mol. The van der Waals surface area contributed by atoms with Crippen LogP contribution in [-0.4, -0.2) is 26.8 Å². The van der Waals surface area contributed by atoms with Gasteiger partial charge in [0.05, 0.1) is 18.2 Å². The average molecular weight is 284 g/mol. The van der Waals surface area contributed by atoms with E-state index < -0.39 is 0 Å². The maximum atomic E-state index is 5.67. The maximum absolute atomic E-state index is 5.67. The number of rotatable bonds is 2. The van der Waals surface area contributed by atoms with Gasteiger partial charge in [-0.2, -0.15) is 0 Å². The molecule has 0 aromatic heterocycles. The molecule has 0 bridgehead atoms. The number of hydrogen-bond acceptors (Lipinski definition) is 3. The van der Waals surface area contributed by atoms with E-state index in [0.717, 1.165) is 42.1 Å². The zero-order valence-corrected chi connectivity index (χ0v) is 10.8. The van der Waals surface area contributed by atoms with E-state index in [4.69, 9.17) is 9.47 Å². The zero-order chi connectivity index (χ0) is 11.1. The molecule has 16 heavy (non-hydrogen) atoms. The first-order valence-electron chi connectivity index (χ1n) is 5.54. The van der Waals surface area contributed by atoms with Crippen LogP contribution in [0.15, 0.2) is 10.5 Å². The van der Waals surface area contributed by atoms with Gasteiger partial charge >= 0.3 is 0 Å². The Morgan fingerprint density at radius 2 is 2.31 bits per heavy atom. The van der Waals surface area contributed by atoms with Crippen molar-refractivity contribution in [2.75, 3.05) is 26.8 Å². The Morgan fingerprint density at radius 3 is 2.94 bits per heavy atom. The van der Waals surface area contributed by atoms with Crippen molar-refractivity contribution in [3.63, 3.8) is 0 Å². The van der Waals surface area contributed by atoms with Crippen LogP contribution >= 0.6 is 15.9 Å². The van der Waals surface area contributed by atoms with E-state index in [0.29, 0.717) is 5.92 Å². The summed E-state index contributed by atoms with van der Waals surface area (Å²) in [6.07, 6.45) is 0.997.